The van der Waals surface area contributed by atoms with Gasteiger partial charge in [0.05, 0.1) is 12.6 Å². The highest BCUT2D eigenvalue weighted by Gasteiger charge is 2.10. The van der Waals surface area contributed by atoms with Gasteiger partial charge in [0.15, 0.2) is 0 Å². The van der Waals surface area contributed by atoms with Crippen LogP contribution < -0.4 is 5.32 Å². The third-order valence-corrected chi connectivity index (χ3v) is 3.90. The van der Waals surface area contributed by atoms with Gasteiger partial charge in [-0.1, -0.05) is 30.3 Å². The first-order valence-corrected chi connectivity index (χ1v) is 8.77. The van der Waals surface area contributed by atoms with Crippen molar-refractivity contribution in [1.82, 2.24) is 20.1 Å². The second kappa shape index (κ2) is 8.91. The standard InChI is InChI=1S/C21H22N4O2/c1-16(26)12-23-20(27)10-9-19-15-25(14-17-6-3-2-4-7-17)24-21(19)18-8-5-11-22-13-18/h2-11,13,15-16,26H,12,14H2,1H3,(H,23,27)/b10-9+. The Bertz CT molecular complexity index is 902. The van der Waals surface area contributed by atoms with Crippen LogP contribution in [0.4, 0.5) is 0 Å². The van der Waals surface area contributed by atoms with Crippen LogP contribution in [0, 0.1) is 0 Å². The first-order chi connectivity index (χ1) is 13.1. The van der Waals surface area contributed by atoms with Crippen molar-refractivity contribution in [3.05, 3.63) is 78.3 Å². The molecule has 0 saturated heterocycles. The third-order valence-electron chi connectivity index (χ3n) is 3.90. The normalized spacial score (nSPS) is 12.2. The summed E-state index contributed by atoms with van der Waals surface area (Å²) < 4.78 is 1.85. The predicted octanol–water partition coefficient (Wildman–Crippen LogP) is 2.50. The van der Waals surface area contributed by atoms with Gasteiger partial charge in [-0.2, -0.15) is 5.10 Å². The van der Waals surface area contributed by atoms with Crippen molar-refractivity contribution in [3.63, 3.8) is 0 Å². The number of nitrogens with one attached hydrogen (secondary N) is 1. The Balaban J connectivity index is 1.85. The highest BCUT2D eigenvalue weighted by molar-refractivity contribution is 5.92. The summed E-state index contributed by atoms with van der Waals surface area (Å²) in [5, 5.41) is 16.6. The van der Waals surface area contributed by atoms with Crippen LogP contribution in [0.3, 0.4) is 0 Å². The summed E-state index contributed by atoms with van der Waals surface area (Å²) in [5.41, 5.74) is 3.61. The lowest BCUT2D eigenvalue weighted by Gasteiger charge is -2.03. The lowest BCUT2D eigenvalue weighted by molar-refractivity contribution is -0.116. The van der Waals surface area contributed by atoms with Gasteiger partial charge in [0.1, 0.15) is 5.69 Å². The second-order valence-electron chi connectivity index (χ2n) is 6.29. The largest absolute Gasteiger partial charge is 0.392 e. The van der Waals surface area contributed by atoms with Crippen LogP contribution in [0.15, 0.2) is 67.1 Å². The van der Waals surface area contributed by atoms with Crippen LogP contribution in [-0.2, 0) is 11.3 Å². The first kappa shape index (κ1) is 18.5. The molecule has 0 aliphatic carbocycles. The molecule has 27 heavy (non-hydrogen) atoms. The number of aliphatic hydroxyl groups excluding tert-OH is 1. The zero-order valence-corrected chi connectivity index (χ0v) is 15.1. The molecule has 1 unspecified atom stereocenters. The van der Waals surface area contributed by atoms with Crippen molar-refractivity contribution in [1.29, 1.82) is 0 Å². The summed E-state index contributed by atoms with van der Waals surface area (Å²) in [6.45, 7) is 2.47. The summed E-state index contributed by atoms with van der Waals surface area (Å²) in [6.07, 6.45) is 7.97. The van der Waals surface area contributed by atoms with Crippen LogP contribution >= 0.6 is 0 Å². The van der Waals surface area contributed by atoms with Gasteiger partial charge in [-0.15, -0.1) is 0 Å². The van der Waals surface area contributed by atoms with Crippen LogP contribution in [0.5, 0.6) is 0 Å². The molecule has 0 bridgehead atoms. The molecule has 3 rings (SSSR count). The maximum absolute atomic E-state index is 11.9. The summed E-state index contributed by atoms with van der Waals surface area (Å²) >= 11 is 0. The molecule has 0 aliphatic heterocycles. The monoisotopic (exact) mass is 362 g/mol. The minimum atomic E-state index is -0.582. The highest BCUT2D eigenvalue weighted by atomic mass is 16.3. The average molecular weight is 362 g/mol. The molecule has 0 spiro atoms. The molecule has 1 atom stereocenters. The van der Waals surface area contributed by atoms with Gasteiger partial charge in [0, 0.05) is 42.3 Å². The van der Waals surface area contributed by atoms with Crippen molar-refractivity contribution in [2.24, 2.45) is 0 Å². The number of carbonyl (C=O) groups excluding carboxylic acids is 1. The molecule has 0 aliphatic rings. The number of rotatable bonds is 7. The van der Waals surface area contributed by atoms with Crippen LogP contribution in [0.25, 0.3) is 17.3 Å². The summed E-state index contributed by atoms with van der Waals surface area (Å²) in [4.78, 5) is 16.1. The van der Waals surface area contributed by atoms with Gasteiger partial charge in [-0.3, -0.25) is 14.5 Å². The summed E-state index contributed by atoms with van der Waals surface area (Å²) in [7, 11) is 0. The SMILES string of the molecule is CC(O)CNC(=O)/C=C/c1cn(Cc2ccccc2)nc1-c1cccnc1. The van der Waals surface area contributed by atoms with Crippen LogP contribution in [-0.4, -0.2) is 38.4 Å². The topological polar surface area (TPSA) is 80.0 Å². The van der Waals surface area contributed by atoms with Gasteiger partial charge < -0.3 is 10.4 Å². The van der Waals surface area contributed by atoms with Gasteiger partial charge >= 0.3 is 0 Å². The van der Waals surface area contributed by atoms with E-state index in [1.54, 1.807) is 25.4 Å². The van der Waals surface area contributed by atoms with Gasteiger partial charge in [0.2, 0.25) is 5.91 Å². The van der Waals surface area contributed by atoms with Gasteiger partial charge in [-0.05, 0) is 30.7 Å². The van der Waals surface area contributed by atoms with E-state index in [0.29, 0.717) is 6.54 Å². The molecule has 138 valence electrons. The van der Waals surface area contributed by atoms with Crippen LogP contribution in [0.2, 0.25) is 0 Å². The van der Waals surface area contributed by atoms with Crippen molar-refractivity contribution in [2.45, 2.75) is 19.6 Å². The molecular formula is C21H22N4O2. The lowest BCUT2D eigenvalue weighted by atomic mass is 10.1. The Hall–Kier alpha value is -3.25. The third kappa shape index (κ3) is 5.36. The van der Waals surface area contributed by atoms with Crippen LogP contribution in [0.1, 0.15) is 18.1 Å². The van der Waals surface area contributed by atoms with E-state index in [4.69, 9.17) is 0 Å². The predicted molar refractivity (Wildman–Crippen MR) is 105 cm³/mol. The lowest BCUT2D eigenvalue weighted by Crippen LogP contribution is -2.28. The molecule has 0 radical (unpaired) electrons. The van der Waals surface area contributed by atoms with Crippen molar-refractivity contribution >= 4 is 12.0 Å². The quantitative estimate of drug-likeness (QED) is 0.633. The van der Waals surface area contributed by atoms with E-state index in [2.05, 4.69) is 15.4 Å². The molecule has 1 amide bonds. The van der Waals surface area contributed by atoms with Crippen molar-refractivity contribution in [2.75, 3.05) is 6.54 Å². The van der Waals surface area contributed by atoms with E-state index in [0.717, 1.165) is 22.4 Å². The highest BCUT2D eigenvalue weighted by Crippen LogP contribution is 2.22. The fourth-order valence-electron chi connectivity index (χ4n) is 2.61. The van der Waals surface area contributed by atoms with E-state index < -0.39 is 6.10 Å². The molecule has 6 heteroatoms. The van der Waals surface area contributed by atoms with Crippen molar-refractivity contribution in [3.8, 4) is 11.3 Å². The smallest absolute Gasteiger partial charge is 0.244 e. The number of aliphatic hydroxyl groups is 1. The van der Waals surface area contributed by atoms with Crippen molar-refractivity contribution < 1.29 is 9.90 Å². The molecule has 0 saturated carbocycles. The number of amides is 1. The molecule has 0 fully saturated rings. The molecule has 6 nitrogen and oxygen atoms in total. The van der Waals surface area contributed by atoms with E-state index in [9.17, 15) is 9.90 Å². The molecule has 2 heterocycles. The number of aromatic nitrogens is 3. The molecular weight excluding hydrogens is 340 g/mol. The van der Waals surface area contributed by atoms with Gasteiger partial charge in [-0.25, -0.2) is 0 Å². The number of pyridine rings is 1. The van der Waals surface area contributed by atoms with Gasteiger partial charge in [0.25, 0.3) is 0 Å². The first-order valence-electron chi connectivity index (χ1n) is 8.77. The minimum absolute atomic E-state index is 0.214. The number of hydrogen-bond acceptors (Lipinski definition) is 4. The molecule has 1 aromatic carbocycles. The van der Waals surface area contributed by atoms with E-state index in [1.165, 1.54) is 6.08 Å². The Morgan fingerprint density at radius 1 is 1.26 bits per heavy atom. The fraction of sp³-hybridized carbons (Fsp3) is 0.190. The maximum atomic E-state index is 11.9. The Morgan fingerprint density at radius 3 is 2.78 bits per heavy atom. The fourth-order valence-corrected chi connectivity index (χ4v) is 2.61. The zero-order chi connectivity index (χ0) is 19.1. The Kier molecular flexibility index (Phi) is 6.12. The Labute approximate surface area is 158 Å². The second-order valence-corrected chi connectivity index (χ2v) is 6.29. The molecule has 2 aromatic heterocycles. The number of benzene rings is 1. The summed E-state index contributed by atoms with van der Waals surface area (Å²) in [5.74, 6) is -0.260. The average Bonchev–Trinajstić information content (AvgIpc) is 3.09. The van der Waals surface area contributed by atoms with E-state index in [1.807, 2.05) is 53.3 Å². The number of hydrogen-bond donors (Lipinski definition) is 2. The zero-order valence-electron chi connectivity index (χ0n) is 15.1. The summed E-state index contributed by atoms with van der Waals surface area (Å²) in [6, 6.07) is 13.9. The van der Waals surface area contributed by atoms with E-state index >= 15 is 0 Å². The Morgan fingerprint density at radius 2 is 2.07 bits per heavy atom. The number of nitrogens with zero attached hydrogens (tertiary/aromatic N) is 3. The minimum Gasteiger partial charge on any atom is -0.392 e. The molecule has 2 N–H and O–H groups in total. The maximum Gasteiger partial charge on any atom is 0.244 e. The number of carbonyl (C=O) groups is 1. The molecule has 3 aromatic rings. The van der Waals surface area contributed by atoms with E-state index in [-0.39, 0.29) is 12.5 Å².